The van der Waals surface area contributed by atoms with Crippen LogP contribution in [-0.4, -0.2) is 20.9 Å². The number of anilines is 1. The summed E-state index contributed by atoms with van der Waals surface area (Å²) in [5.41, 5.74) is 8.58. The van der Waals surface area contributed by atoms with Crippen molar-refractivity contribution in [2.45, 2.75) is 44.0 Å². The third-order valence-electron chi connectivity index (χ3n) is 6.30. The first-order valence-corrected chi connectivity index (χ1v) is 13.3. The number of carbonyl (C=O) groups excluding carboxylic acids is 1. The van der Waals surface area contributed by atoms with Crippen LogP contribution in [0.5, 0.6) is 0 Å². The van der Waals surface area contributed by atoms with E-state index in [1.807, 2.05) is 80.6 Å². The summed E-state index contributed by atoms with van der Waals surface area (Å²) in [6.45, 7) is 4.01. The minimum Gasteiger partial charge on any atom is -0.398 e. The molecule has 0 aliphatic heterocycles. The first-order valence-electron chi connectivity index (χ1n) is 11.9. The van der Waals surface area contributed by atoms with E-state index in [9.17, 15) is 13.2 Å². The number of nitrogens with two attached hydrogens (primary N) is 1. The van der Waals surface area contributed by atoms with Crippen LogP contribution < -0.4 is 15.8 Å². The van der Waals surface area contributed by atoms with Crippen LogP contribution in [0, 0.1) is 6.92 Å². The van der Waals surface area contributed by atoms with Gasteiger partial charge in [0.25, 0.3) is 0 Å². The molecule has 0 aliphatic rings. The molecular weight excluding hydrogens is 458 g/mol. The second kappa shape index (κ2) is 10.5. The Morgan fingerprint density at radius 2 is 1.71 bits per heavy atom. The topological polar surface area (TPSA) is 101 Å². The molecular formula is C28H31N3O3S. The van der Waals surface area contributed by atoms with E-state index in [0.717, 1.165) is 40.1 Å². The van der Waals surface area contributed by atoms with Crippen molar-refractivity contribution in [1.82, 2.24) is 10.0 Å². The number of aryl methyl sites for hydroxylation is 1. The van der Waals surface area contributed by atoms with Crippen LogP contribution in [0.2, 0.25) is 0 Å². The number of rotatable bonds is 9. The average Bonchev–Trinajstić information content (AvgIpc) is 2.85. The molecule has 0 bridgehead atoms. The van der Waals surface area contributed by atoms with Crippen LogP contribution in [0.4, 0.5) is 5.69 Å². The maximum Gasteiger partial charge on any atom is 0.241 e. The van der Waals surface area contributed by atoms with Crippen LogP contribution in [0.15, 0.2) is 77.7 Å². The predicted octanol–water partition coefficient (Wildman–Crippen LogP) is 5.21. The van der Waals surface area contributed by atoms with E-state index in [0.29, 0.717) is 17.5 Å². The van der Waals surface area contributed by atoms with Gasteiger partial charge in [-0.3, -0.25) is 4.79 Å². The highest BCUT2D eigenvalue weighted by Gasteiger charge is 2.22. The Kier molecular flexibility index (Phi) is 7.38. The van der Waals surface area contributed by atoms with Gasteiger partial charge < -0.3 is 11.1 Å². The van der Waals surface area contributed by atoms with E-state index < -0.39 is 16.1 Å². The van der Waals surface area contributed by atoms with Gasteiger partial charge in [-0.15, -0.1) is 0 Å². The van der Waals surface area contributed by atoms with Crippen LogP contribution in [-0.2, 0) is 14.8 Å². The van der Waals surface area contributed by atoms with Gasteiger partial charge in [-0.25, -0.2) is 13.1 Å². The van der Waals surface area contributed by atoms with Gasteiger partial charge in [0.15, 0.2) is 0 Å². The summed E-state index contributed by atoms with van der Waals surface area (Å²) in [6.07, 6.45) is 2.07. The molecule has 1 atom stereocenters. The van der Waals surface area contributed by atoms with E-state index in [2.05, 4.69) is 10.0 Å². The fraction of sp³-hybridized carbons (Fsp3) is 0.250. The lowest BCUT2D eigenvalue weighted by Gasteiger charge is -2.21. The van der Waals surface area contributed by atoms with Crippen molar-refractivity contribution in [3.05, 3.63) is 83.9 Å². The summed E-state index contributed by atoms with van der Waals surface area (Å²) in [5.74, 6) is -0.107. The predicted molar refractivity (Wildman–Crippen MR) is 143 cm³/mol. The van der Waals surface area contributed by atoms with Crippen LogP contribution in [0.1, 0.15) is 43.4 Å². The number of hydrogen-bond acceptors (Lipinski definition) is 4. The van der Waals surface area contributed by atoms with Crippen LogP contribution in [0.25, 0.3) is 21.5 Å². The second-order valence-corrected chi connectivity index (χ2v) is 10.6. The molecule has 0 aliphatic carbocycles. The first-order chi connectivity index (χ1) is 16.8. The molecule has 4 aromatic rings. The molecule has 7 heteroatoms. The molecule has 0 fully saturated rings. The van der Waals surface area contributed by atoms with Gasteiger partial charge in [-0.2, -0.15) is 0 Å². The molecule has 35 heavy (non-hydrogen) atoms. The summed E-state index contributed by atoms with van der Waals surface area (Å²) >= 11 is 0. The molecule has 0 heterocycles. The zero-order valence-electron chi connectivity index (χ0n) is 20.0. The van der Waals surface area contributed by atoms with E-state index in [1.54, 1.807) is 6.07 Å². The van der Waals surface area contributed by atoms with Crippen molar-refractivity contribution in [1.29, 1.82) is 0 Å². The molecule has 0 unspecified atom stereocenters. The fourth-order valence-electron chi connectivity index (χ4n) is 4.33. The molecule has 0 spiro atoms. The van der Waals surface area contributed by atoms with Gasteiger partial charge in [0, 0.05) is 29.4 Å². The van der Waals surface area contributed by atoms with Gasteiger partial charge in [0.1, 0.15) is 0 Å². The van der Waals surface area contributed by atoms with Gasteiger partial charge in [-0.1, -0.05) is 67.9 Å². The van der Waals surface area contributed by atoms with Crippen LogP contribution >= 0.6 is 0 Å². The zero-order chi connectivity index (χ0) is 25.0. The van der Waals surface area contributed by atoms with Gasteiger partial charge >= 0.3 is 0 Å². The largest absolute Gasteiger partial charge is 0.398 e. The molecule has 0 saturated carbocycles. The Morgan fingerprint density at radius 1 is 0.943 bits per heavy atom. The molecule has 4 aromatic carbocycles. The Hall–Kier alpha value is -3.42. The van der Waals surface area contributed by atoms with Gasteiger partial charge in [0.05, 0.1) is 10.9 Å². The van der Waals surface area contributed by atoms with E-state index in [4.69, 9.17) is 5.73 Å². The average molecular weight is 490 g/mol. The zero-order valence-corrected chi connectivity index (χ0v) is 20.9. The van der Waals surface area contributed by atoms with Gasteiger partial charge in [0.2, 0.25) is 15.9 Å². The standard InChI is InChI=1S/C28H31N3O3S/c1-3-4-12-28(32)31-26(21-14-15-23-20(17-21)8-7-11-25(23)29)18-30-35(33,34)27-16-13-19(2)22-9-5-6-10-24(22)27/h5-11,13-17,26,30H,3-4,12,18,29H2,1-2H3,(H,31,32)/t26-/m0/s1. The molecule has 182 valence electrons. The molecule has 0 aromatic heterocycles. The van der Waals surface area contributed by atoms with E-state index >= 15 is 0 Å². The molecule has 4 N–H and O–H groups in total. The number of nitrogens with one attached hydrogen (secondary N) is 2. The SMILES string of the molecule is CCCCC(=O)N[C@@H](CNS(=O)(=O)c1ccc(C)c2ccccc12)c1ccc2c(N)cccc2c1. The number of unbranched alkanes of at least 4 members (excludes halogenated alkanes) is 1. The highest BCUT2D eigenvalue weighted by atomic mass is 32.2. The van der Waals surface area contributed by atoms with Crippen molar-refractivity contribution in [3.63, 3.8) is 0 Å². The van der Waals surface area contributed by atoms with Crippen molar-refractivity contribution >= 4 is 43.2 Å². The monoisotopic (exact) mass is 489 g/mol. The fourth-order valence-corrected chi connectivity index (χ4v) is 5.58. The van der Waals surface area contributed by atoms with Gasteiger partial charge in [-0.05, 0) is 53.4 Å². The number of amides is 1. The number of sulfonamides is 1. The van der Waals surface area contributed by atoms with Crippen molar-refractivity contribution in [2.24, 2.45) is 0 Å². The molecule has 0 saturated heterocycles. The van der Waals surface area contributed by atoms with Crippen molar-refractivity contribution < 1.29 is 13.2 Å². The molecule has 0 radical (unpaired) electrons. The number of fused-ring (bicyclic) bond motifs is 2. The minimum absolute atomic E-state index is 0.0240. The summed E-state index contributed by atoms with van der Waals surface area (Å²) in [5, 5.41) is 6.44. The first kappa shape index (κ1) is 24.7. The Balaban J connectivity index is 1.65. The van der Waals surface area contributed by atoms with Crippen molar-refractivity contribution in [2.75, 3.05) is 12.3 Å². The third kappa shape index (κ3) is 5.47. The summed E-state index contributed by atoms with van der Waals surface area (Å²) < 4.78 is 29.5. The van der Waals surface area contributed by atoms with E-state index in [-0.39, 0.29) is 17.3 Å². The Morgan fingerprint density at radius 3 is 2.49 bits per heavy atom. The summed E-state index contributed by atoms with van der Waals surface area (Å²) in [4.78, 5) is 12.8. The molecule has 4 rings (SSSR count). The maximum absolute atomic E-state index is 13.4. The van der Waals surface area contributed by atoms with Crippen molar-refractivity contribution in [3.8, 4) is 0 Å². The highest BCUT2D eigenvalue weighted by molar-refractivity contribution is 7.89. The number of benzene rings is 4. The lowest BCUT2D eigenvalue weighted by molar-refractivity contribution is -0.121. The normalized spacial score (nSPS) is 12.6. The maximum atomic E-state index is 13.4. The van der Waals surface area contributed by atoms with Crippen LogP contribution in [0.3, 0.4) is 0 Å². The smallest absolute Gasteiger partial charge is 0.241 e. The Bertz CT molecular complexity index is 1480. The van der Waals surface area contributed by atoms with E-state index in [1.165, 1.54) is 0 Å². The lowest BCUT2D eigenvalue weighted by atomic mass is 10.0. The highest BCUT2D eigenvalue weighted by Crippen LogP contribution is 2.27. The minimum atomic E-state index is -3.83. The lowest BCUT2D eigenvalue weighted by Crippen LogP contribution is -2.37. The number of carbonyl (C=O) groups is 1. The Labute approximate surface area is 206 Å². The summed E-state index contributed by atoms with van der Waals surface area (Å²) in [7, 11) is -3.83. The molecule has 6 nitrogen and oxygen atoms in total. The number of hydrogen-bond donors (Lipinski definition) is 3. The quantitative estimate of drug-likeness (QED) is 0.281. The number of nitrogen functional groups attached to an aromatic ring is 1. The second-order valence-electron chi connectivity index (χ2n) is 8.83. The molecule has 1 amide bonds. The third-order valence-corrected chi connectivity index (χ3v) is 7.78. The summed E-state index contributed by atoms with van der Waals surface area (Å²) in [6, 6.07) is 21.8.